The number of hydrogen-bond donors (Lipinski definition) is 1. The van der Waals surface area contributed by atoms with Gasteiger partial charge in [-0.05, 0) is 25.1 Å². The summed E-state index contributed by atoms with van der Waals surface area (Å²) in [7, 11) is 1.45. The van der Waals surface area contributed by atoms with Gasteiger partial charge in [-0.25, -0.2) is 9.78 Å². The Morgan fingerprint density at radius 3 is 2.89 bits per heavy atom. The van der Waals surface area contributed by atoms with Crippen LogP contribution in [0.25, 0.3) is 28.5 Å². The number of hydrogen-bond acceptors (Lipinski definition) is 6. The molecule has 1 N–H and O–H groups in total. The van der Waals surface area contributed by atoms with Gasteiger partial charge in [0, 0.05) is 17.5 Å². The lowest BCUT2D eigenvalue weighted by atomic mass is 10.2. The predicted octanol–water partition coefficient (Wildman–Crippen LogP) is 2.73. The first kappa shape index (κ1) is 16.7. The van der Waals surface area contributed by atoms with E-state index in [9.17, 15) is 9.18 Å². The van der Waals surface area contributed by atoms with Gasteiger partial charge in [0.2, 0.25) is 11.8 Å². The molecule has 0 atom stereocenters. The summed E-state index contributed by atoms with van der Waals surface area (Å²) in [5.74, 6) is -0.130. The van der Waals surface area contributed by atoms with E-state index in [0.717, 1.165) is 5.69 Å². The van der Waals surface area contributed by atoms with E-state index >= 15 is 0 Å². The number of ether oxygens (including phenoxy) is 1. The van der Waals surface area contributed by atoms with Crippen LogP contribution in [0.3, 0.4) is 0 Å². The number of pyridine rings is 1. The Bertz CT molecular complexity index is 1180. The van der Waals surface area contributed by atoms with Crippen LogP contribution in [0.5, 0.6) is 5.75 Å². The molecule has 0 bridgehead atoms. The summed E-state index contributed by atoms with van der Waals surface area (Å²) in [4.78, 5) is 22.5. The van der Waals surface area contributed by atoms with Crippen LogP contribution in [0.4, 0.5) is 4.39 Å². The number of aryl methyl sites for hydroxylation is 1. The number of benzene rings is 1. The fourth-order valence-electron chi connectivity index (χ4n) is 2.70. The zero-order valence-corrected chi connectivity index (χ0v) is 14.4. The third-order valence-electron chi connectivity index (χ3n) is 4.03. The number of aromatic nitrogens is 5. The molecule has 0 saturated heterocycles. The minimum Gasteiger partial charge on any atom is -0.495 e. The van der Waals surface area contributed by atoms with Crippen LogP contribution in [-0.4, -0.2) is 31.8 Å². The van der Waals surface area contributed by atoms with Gasteiger partial charge in [0.05, 0.1) is 24.6 Å². The van der Waals surface area contributed by atoms with Crippen molar-refractivity contribution in [1.82, 2.24) is 24.7 Å². The molecule has 0 aliphatic heterocycles. The monoisotopic (exact) mass is 367 g/mol. The van der Waals surface area contributed by atoms with Crippen molar-refractivity contribution < 1.29 is 13.7 Å². The predicted molar refractivity (Wildman–Crippen MR) is 94.2 cm³/mol. The fraction of sp³-hybridized carbons (Fsp3) is 0.111. The normalized spacial score (nSPS) is 10.9. The minimum atomic E-state index is -0.741. The van der Waals surface area contributed by atoms with Crippen molar-refractivity contribution in [2.75, 3.05) is 7.11 Å². The van der Waals surface area contributed by atoms with Gasteiger partial charge in [0.15, 0.2) is 0 Å². The maximum Gasteiger partial charge on any atom is 0.330 e. The fourth-order valence-corrected chi connectivity index (χ4v) is 2.70. The summed E-state index contributed by atoms with van der Waals surface area (Å²) in [6, 6.07) is 8.51. The van der Waals surface area contributed by atoms with E-state index in [-0.39, 0.29) is 23.0 Å². The highest BCUT2D eigenvalue weighted by molar-refractivity contribution is 5.62. The van der Waals surface area contributed by atoms with Gasteiger partial charge >= 0.3 is 5.69 Å². The molecule has 8 nitrogen and oxygen atoms in total. The molecule has 0 radical (unpaired) electrons. The number of rotatable bonds is 4. The highest BCUT2D eigenvalue weighted by atomic mass is 19.1. The molecular formula is C18H14FN5O3. The Balaban J connectivity index is 1.75. The van der Waals surface area contributed by atoms with Gasteiger partial charge in [-0.1, -0.05) is 17.3 Å². The van der Waals surface area contributed by atoms with Crippen LogP contribution in [-0.2, 0) is 0 Å². The lowest BCUT2D eigenvalue weighted by molar-refractivity contribution is 0.407. The third kappa shape index (κ3) is 2.99. The molecule has 136 valence electrons. The molecule has 4 rings (SSSR count). The van der Waals surface area contributed by atoms with Crippen LogP contribution >= 0.6 is 0 Å². The zero-order valence-electron chi connectivity index (χ0n) is 14.4. The summed E-state index contributed by atoms with van der Waals surface area (Å²) in [6.07, 6.45) is 2.89. The minimum absolute atomic E-state index is 0.0192. The number of aromatic amines is 1. The highest BCUT2D eigenvalue weighted by Crippen LogP contribution is 2.27. The van der Waals surface area contributed by atoms with Crippen molar-refractivity contribution in [2.24, 2.45) is 0 Å². The zero-order chi connectivity index (χ0) is 19.0. The first-order chi connectivity index (χ1) is 13.1. The average Bonchev–Trinajstić information content (AvgIpc) is 3.29. The van der Waals surface area contributed by atoms with E-state index in [2.05, 4.69) is 20.1 Å². The standard InChI is InChI=1S/C18H14FN5O3/c1-10-8-21-18(25)24(10)12-5-3-4-11(6-12)16-22-17(27-23-16)14-7-13(26-2)9-20-15(14)19/h3-9H,1-2H3,(H,21,25). The maximum atomic E-state index is 14.0. The SMILES string of the molecule is COc1cnc(F)c(-c2nc(-c3cccc(-n4c(C)c[nH]c4=O)c3)no2)c1. The molecule has 4 aromatic rings. The van der Waals surface area contributed by atoms with Gasteiger partial charge in [-0.15, -0.1) is 0 Å². The van der Waals surface area contributed by atoms with Crippen molar-refractivity contribution in [3.8, 4) is 34.3 Å². The largest absolute Gasteiger partial charge is 0.495 e. The average molecular weight is 367 g/mol. The van der Waals surface area contributed by atoms with Crippen LogP contribution in [0.2, 0.25) is 0 Å². The molecule has 27 heavy (non-hydrogen) atoms. The van der Waals surface area contributed by atoms with Gasteiger partial charge in [-0.3, -0.25) is 4.57 Å². The Morgan fingerprint density at radius 2 is 2.15 bits per heavy atom. The van der Waals surface area contributed by atoms with Crippen LogP contribution in [0.1, 0.15) is 5.69 Å². The molecule has 0 fully saturated rings. The van der Waals surface area contributed by atoms with Gasteiger partial charge in [0.25, 0.3) is 5.89 Å². The second-order valence-corrected chi connectivity index (χ2v) is 5.76. The summed E-state index contributed by atoms with van der Waals surface area (Å²) in [5.41, 5.74) is 1.82. The van der Waals surface area contributed by atoms with E-state index in [4.69, 9.17) is 9.26 Å². The number of nitrogens with one attached hydrogen (secondary N) is 1. The van der Waals surface area contributed by atoms with E-state index in [1.165, 1.54) is 23.9 Å². The molecule has 0 spiro atoms. The number of nitrogens with zero attached hydrogens (tertiary/aromatic N) is 4. The van der Waals surface area contributed by atoms with E-state index in [1.54, 1.807) is 30.5 Å². The molecule has 3 aromatic heterocycles. The number of H-pyrrole nitrogens is 1. The van der Waals surface area contributed by atoms with Crippen molar-refractivity contribution in [1.29, 1.82) is 0 Å². The molecule has 0 saturated carbocycles. The summed E-state index contributed by atoms with van der Waals surface area (Å²) >= 11 is 0. The molecule has 0 amide bonds. The van der Waals surface area contributed by atoms with Crippen molar-refractivity contribution in [2.45, 2.75) is 6.92 Å². The molecule has 1 aromatic carbocycles. The maximum absolute atomic E-state index is 14.0. The van der Waals surface area contributed by atoms with Gasteiger partial charge in [0.1, 0.15) is 5.75 Å². The summed E-state index contributed by atoms with van der Waals surface area (Å²) < 4.78 is 25.8. The second-order valence-electron chi connectivity index (χ2n) is 5.76. The van der Waals surface area contributed by atoms with E-state index in [1.807, 2.05) is 6.92 Å². The van der Waals surface area contributed by atoms with Crippen LogP contribution in [0, 0.1) is 12.9 Å². The lowest BCUT2D eigenvalue weighted by Gasteiger charge is -2.05. The quantitative estimate of drug-likeness (QED) is 0.557. The Morgan fingerprint density at radius 1 is 1.30 bits per heavy atom. The smallest absolute Gasteiger partial charge is 0.330 e. The Labute approximate surface area is 152 Å². The van der Waals surface area contributed by atoms with E-state index in [0.29, 0.717) is 17.0 Å². The Hall–Kier alpha value is -3.75. The topological polar surface area (TPSA) is 98.8 Å². The molecule has 9 heteroatoms. The summed E-state index contributed by atoms with van der Waals surface area (Å²) in [6.45, 7) is 1.82. The first-order valence-electron chi connectivity index (χ1n) is 7.98. The van der Waals surface area contributed by atoms with Crippen LogP contribution < -0.4 is 10.4 Å². The molecule has 0 unspecified atom stereocenters. The first-order valence-corrected chi connectivity index (χ1v) is 7.98. The summed E-state index contributed by atoms with van der Waals surface area (Å²) in [5, 5.41) is 3.91. The molecular weight excluding hydrogens is 353 g/mol. The van der Waals surface area contributed by atoms with E-state index < -0.39 is 5.95 Å². The van der Waals surface area contributed by atoms with Crippen molar-refractivity contribution in [3.63, 3.8) is 0 Å². The number of imidazole rings is 1. The molecule has 0 aliphatic rings. The van der Waals surface area contributed by atoms with Gasteiger partial charge in [-0.2, -0.15) is 9.37 Å². The molecule has 0 aliphatic carbocycles. The number of halogens is 1. The second kappa shape index (κ2) is 6.52. The van der Waals surface area contributed by atoms with Crippen molar-refractivity contribution in [3.05, 3.63) is 64.9 Å². The Kier molecular flexibility index (Phi) is 4.03. The number of methoxy groups -OCH3 is 1. The van der Waals surface area contributed by atoms with Crippen molar-refractivity contribution >= 4 is 0 Å². The highest BCUT2D eigenvalue weighted by Gasteiger charge is 2.17. The molecule has 3 heterocycles. The van der Waals surface area contributed by atoms with Crippen LogP contribution in [0.15, 0.2) is 52.0 Å². The van der Waals surface area contributed by atoms with Gasteiger partial charge < -0.3 is 14.2 Å². The third-order valence-corrected chi connectivity index (χ3v) is 4.03. The lowest BCUT2D eigenvalue weighted by Crippen LogP contribution is -2.15.